The maximum atomic E-state index is 13.1. The molecule has 0 aliphatic carbocycles. The van der Waals surface area contributed by atoms with E-state index in [1.54, 1.807) is 0 Å². The van der Waals surface area contributed by atoms with Crippen LogP contribution < -0.4 is 5.32 Å². The number of nitrogens with one attached hydrogen (secondary N) is 1. The Morgan fingerprint density at radius 1 is 0.929 bits per heavy atom. The Balaban J connectivity index is 1.49. The number of aromatic nitrogens is 2. The molecule has 0 spiro atoms. The zero-order chi connectivity index (χ0) is 19.2. The van der Waals surface area contributed by atoms with Crippen LogP contribution in [0, 0.1) is 0 Å². The van der Waals surface area contributed by atoms with Gasteiger partial charge in [0.15, 0.2) is 0 Å². The molecule has 1 aliphatic rings. The molecule has 1 aliphatic heterocycles. The average molecular weight is 393 g/mol. The van der Waals surface area contributed by atoms with Crippen molar-refractivity contribution in [2.24, 2.45) is 0 Å². The van der Waals surface area contributed by atoms with Crippen LogP contribution in [0.15, 0.2) is 60.7 Å². The highest BCUT2D eigenvalue weighted by atomic mass is 32.1. The van der Waals surface area contributed by atoms with E-state index >= 15 is 0 Å². The average Bonchev–Trinajstić information content (AvgIpc) is 3.17. The summed E-state index contributed by atoms with van der Waals surface area (Å²) in [5.41, 5.74) is 1.92. The summed E-state index contributed by atoms with van der Waals surface area (Å²) in [5.74, 6) is -0.463. The van der Waals surface area contributed by atoms with Gasteiger partial charge in [-0.15, -0.1) is 10.2 Å². The molecule has 2 heterocycles. The topological polar surface area (TPSA) is 58.1 Å². The Labute approximate surface area is 169 Å². The molecule has 0 bridgehead atoms. The van der Waals surface area contributed by atoms with Gasteiger partial charge in [0.25, 0.3) is 0 Å². The minimum absolute atomic E-state index is 0.0851. The summed E-state index contributed by atoms with van der Waals surface area (Å²) in [6.07, 6.45) is 3.81. The van der Waals surface area contributed by atoms with Crippen molar-refractivity contribution < 1.29 is 4.79 Å². The van der Waals surface area contributed by atoms with Gasteiger partial charge in [-0.25, -0.2) is 0 Å². The van der Waals surface area contributed by atoms with E-state index in [4.69, 9.17) is 0 Å². The molecule has 0 atom stereocenters. The van der Waals surface area contributed by atoms with Crippen molar-refractivity contribution in [1.82, 2.24) is 15.1 Å². The Morgan fingerprint density at radius 2 is 1.54 bits per heavy atom. The number of likely N-dealkylation sites (tertiary alicyclic amines) is 1. The number of anilines is 1. The summed E-state index contributed by atoms with van der Waals surface area (Å²) < 4.78 is 0. The third-order valence-corrected chi connectivity index (χ3v) is 5.86. The van der Waals surface area contributed by atoms with E-state index in [1.165, 1.54) is 30.6 Å². The van der Waals surface area contributed by atoms with Crippen LogP contribution in [0.3, 0.4) is 0 Å². The predicted molar refractivity (Wildman–Crippen MR) is 112 cm³/mol. The second kappa shape index (κ2) is 9.08. The van der Waals surface area contributed by atoms with Crippen molar-refractivity contribution in [1.29, 1.82) is 0 Å². The Hall–Kier alpha value is -2.57. The van der Waals surface area contributed by atoms with Crippen molar-refractivity contribution in [3.8, 4) is 0 Å². The van der Waals surface area contributed by atoms with Crippen LogP contribution in [-0.4, -0.2) is 34.1 Å². The molecule has 1 fully saturated rings. The summed E-state index contributed by atoms with van der Waals surface area (Å²) in [6.45, 7) is 3.05. The second-order valence-corrected chi connectivity index (χ2v) is 8.14. The van der Waals surface area contributed by atoms with Crippen molar-refractivity contribution in [3.05, 3.63) is 76.8 Å². The summed E-state index contributed by atoms with van der Waals surface area (Å²) in [6, 6.07) is 19.7. The molecular formula is C22H24N4OS. The third-order valence-electron chi connectivity index (χ3n) is 5.03. The number of piperidine rings is 1. The van der Waals surface area contributed by atoms with Crippen LogP contribution in [0.4, 0.5) is 5.13 Å². The first-order chi connectivity index (χ1) is 13.8. The zero-order valence-corrected chi connectivity index (χ0v) is 16.6. The molecule has 6 heteroatoms. The number of rotatable bonds is 6. The lowest BCUT2D eigenvalue weighted by Gasteiger charge is -2.24. The van der Waals surface area contributed by atoms with Gasteiger partial charge in [0.05, 0.1) is 12.5 Å². The fourth-order valence-electron chi connectivity index (χ4n) is 3.64. The summed E-state index contributed by atoms with van der Waals surface area (Å²) in [7, 11) is 0. The normalized spacial score (nSPS) is 14.9. The summed E-state index contributed by atoms with van der Waals surface area (Å²) in [5, 5.41) is 13.0. The molecule has 3 aromatic rings. The molecule has 0 radical (unpaired) electrons. The lowest BCUT2D eigenvalue weighted by molar-refractivity contribution is -0.116. The van der Waals surface area contributed by atoms with Gasteiger partial charge < -0.3 is 0 Å². The van der Waals surface area contributed by atoms with E-state index in [-0.39, 0.29) is 11.8 Å². The molecule has 5 nitrogen and oxygen atoms in total. The number of nitrogens with zero attached hydrogens (tertiary/aromatic N) is 3. The second-order valence-electron chi connectivity index (χ2n) is 7.08. The standard InChI is InChI=1S/C22H24N4OS/c27-21(20(17-10-4-1-5-11-17)18-12-6-2-7-13-18)23-22-25-24-19(28-22)16-26-14-8-3-9-15-26/h1-2,4-7,10-13,20H,3,8-9,14-16H2,(H,23,25,27). The predicted octanol–water partition coefficient (Wildman–Crippen LogP) is 4.29. The number of amides is 1. The van der Waals surface area contributed by atoms with Gasteiger partial charge in [0.2, 0.25) is 11.0 Å². The Bertz CT molecular complexity index is 852. The van der Waals surface area contributed by atoms with E-state index < -0.39 is 0 Å². The molecule has 28 heavy (non-hydrogen) atoms. The zero-order valence-electron chi connectivity index (χ0n) is 15.8. The van der Waals surface area contributed by atoms with Gasteiger partial charge in [-0.1, -0.05) is 78.4 Å². The number of carbonyl (C=O) groups is 1. The third kappa shape index (κ3) is 4.64. The number of carbonyl (C=O) groups excluding carboxylic acids is 1. The number of hydrogen-bond acceptors (Lipinski definition) is 5. The fraction of sp³-hybridized carbons (Fsp3) is 0.318. The van der Waals surface area contributed by atoms with E-state index in [2.05, 4.69) is 20.4 Å². The van der Waals surface area contributed by atoms with Crippen LogP contribution in [0.25, 0.3) is 0 Å². The summed E-state index contributed by atoms with van der Waals surface area (Å²) in [4.78, 5) is 15.5. The maximum Gasteiger partial charge on any atom is 0.238 e. The molecule has 1 amide bonds. The molecule has 4 rings (SSSR count). The van der Waals surface area contributed by atoms with Crippen molar-refractivity contribution in [3.63, 3.8) is 0 Å². The smallest absolute Gasteiger partial charge is 0.238 e. The minimum Gasteiger partial charge on any atom is -0.300 e. The minimum atomic E-state index is -0.378. The van der Waals surface area contributed by atoms with Crippen LogP contribution in [0.2, 0.25) is 0 Å². The van der Waals surface area contributed by atoms with E-state index in [9.17, 15) is 4.79 Å². The SMILES string of the molecule is O=C(Nc1nnc(CN2CCCCC2)s1)C(c1ccccc1)c1ccccc1. The highest BCUT2D eigenvalue weighted by molar-refractivity contribution is 7.15. The van der Waals surface area contributed by atoms with Crippen LogP contribution >= 0.6 is 11.3 Å². The molecule has 2 aromatic carbocycles. The largest absolute Gasteiger partial charge is 0.300 e. The van der Waals surface area contributed by atoms with Gasteiger partial charge in [0, 0.05) is 0 Å². The first-order valence-electron chi connectivity index (χ1n) is 9.75. The van der Waals surface area contributed by atoms with Gasteiger partial charge in [-0.3, -0.25) is 15.0 Å². The lowest BCUT2D eigenvalue weighted by Crippen LogP contribution is -2.28. The molecule has 1 aromatic heterocycles. The molecule has 0 unspecified atom stereocenters. The quantitative estimate of drug-likeness (QED) is 0.680. The highest BCUT2D eigenvalue weighted by Crippen LogP contribution is 2.27. The first-order valence-corrected chi connectivity index (χ1v) is 10.6. The van der Waals surface area contributed by atoms with Crippen LogP contribution in [0.5, 0.6) is 0 Å². The maximum absolute atomic E-state index is 13.1. The van der Waals surface area contributed by atoms with E-state index in [0.717, 1.165) is 35.8 Å². The molecular weight excluding hydrogens is 368 g/mol. The van der Waals surface area contributed by atoms with E-state index in [0.29, 0.717) is 5.13 Å². The van der Waals surface area contributed by atoms with Crippen molar-refractivity contribution in [2.75, 3.05) is 18.4 Å². The monoisotopic (exact) mass is 392 g/mol. The molecule has 1 N–H and O–H groups in total. The van der Waals surface area contributed by atoms with Crippen LogP contribution in [-0.2, 0) is 11.3 Å². The molecule has 0 saturated carbocycles. The number of benzene rings is 2. The molecule has 144 valence electrons. The molecule has 1 saturated heterocycles. The Kier molecular flexibility index (Phi) is 6.09. The Morgan fingerprint density at radius 3 is 2.14 bits per heavy atom. The lowest BCUT2D eigenvalue weighted by atomic mass is 9.90. The van der Waals surface area contributed by atoms with Crippen LogP contribution in [0.1, 0.15) is 41.3 Å². The van der Waals surface area contributed by atoms with Gasteiger partial charge >= 0.3 is 0 Å². The van der Waals surface area contributed by atoms with Gasteiger partial charge in [0.1, 0.15) is 5.01 Å². The summed E-state index contributed by atoms with van der Waals surface area (Å²) >= 11 is 1.47. The van der Waals surface area contributed by atoms with Gasteiger partial charge in [-0.2, -0.15) is 0 Å². The highest BCUT2D eigenvalue weighted by Gasteiger charge is 2.24. The van der Waals surface area contributed by atoms with E-state index in [1.807, 2.05) is 60.7 Å². The fourth-order valence-corrected chi connectivity index (χ4v) is 4.43. The van der Waals surface area contributed by atoms with Crippen molar-refractivity contribution >= 4 is 22.4 Å². The number of hydrogen-bond donors (Lipinski definition) is 1. The van der Waals surface area contributed by atoms with Crippen molar-refractivity contribution in [2.45, 2.75) is 31.7 Å². The van der Waals surface area contributed by atoms with Gasteiger partial charge in [-0.05, 0) is 37.1 Å². The first kappa shape index (κ1) is 18.8.